The van der Waals surface area contributed by atoms with Gasteiger partial charge in [-0.3, -0.25) is 4.79 Å². The van der Waals surface area contributed by atoms with Crippen molar-refractivity contribution in [2.75, 3.05) is 25.1 Å². The van der Waals surface area contributed by atoms with E-state index in [1.807, 2.05) is 12.1 Å². The maximum absolute atomic E-state index is 12.3. The summed E-state index contributed by atoms with van der Waals surface area (Å²) in [4.78, 5) is 27.8. The summed E-state index contributed by atoms with van der Waals surface area (Å²) in [6.45, 7) is 3.82. The SMILES string of the molecule is CCCOCCOc1ccc(Oc2ccc(CC(=O)Nc3ccccc3C(=O)O)cn2)cc1. The number of para-hydroxylation sites is 1. The number of pyridine rings is 1. The molecule has 0 atom stereocenters. The number of anilines is 1. The molecule has 0 saturated heterocycles. The third-order valence-electron chi connectivity index (χ3n) is 4.48. The zero-order valence-corrected chi connectivity index (χ0v) is 18.3. The van der Waals surface area contributed by atoms with Crippen LogP contribution in [0.15, 0.2) is 66.9 Å². The van der Waals surface area contributed by atoms with Crippen LogP contribution < -0.4 is 14.8 Å². The zero-order chi connectivity index (χ0) is 23.5. The molecular formula is C25H26N2O6. The molecule has 1 amide bonds. The van der Waals surface area contributed by atoms with Crippen LogP contribution >= 0.6 is 0 Å². The molecule has 0 aliphatic rings. The molecule has 0 bridgehead atoms. The molecule has 8 nitrogen and oxygen atoms in total. The Bertz CT molecular complexity index is 1050. The van der Waals surface area contributed by atoms with Gasteiger partial charge in [0.1, 0.15) is 18.1 Å². The highest BCUT2D eigenvalue weighted by atomic mass is 16.5. The number of ether oxygens (including phenoxy) is 3. The van der Waals surface area contributed by atoms with Gasteiger partial charge in [-0.15, -0.1) is 0 Å². The highest BCUT2D eigenvalue weighted by molar-refractivity contribution is 6.00. The predicted molar refractivity (Wildman–Crippen MR) is 123 cm³/mol. The third-order valence-corrected chi connectivity index (χ3v) is 4.48. The van der Waals surface area contributed by atoms with E-state index in [-0.39, 0.29) is 23.6 Å². The highest BCUT2D eigenvalue weighted by Gasteiger charge is 2.12. The number of carboxylic acids is 1. The number of hydrogen-bond donors (Lipinski definition) is 2. The van der Waals surface area contributed by atoms with Gasteiger partial charge in [0.25, 0.3) is 0 Å². The summed E-state index contributed by atoms with van der Waals surface area (Å²) in [5, 5.41) is 11.8. The van der Waals surface area contributed by atoms with Gasteiger partial charge in [-0.25, -0.2) is 9.78 Å². The number of carbonyl (C=O) groups excluding carboxylic acids is 1. The Kier molecular flexibility index (Phi) is 8.79. The van der Waals surface area contributed by atoms with Crippen LogP contribution in [0.3, 0.4) is 0 Å². The number of rotatable bonds is 12. The molecule has 8 heteroatoms. The molecule has 0 radical (unpaired) electrons. The van der Waals surface area contributed by atoms with E-state index < -0.39 is 5.97 Å². The topological polar surface area (TPSA) is 107 Å². The standard InChI is InChI=1S/C25H26N2O6/c1-2-13-31-14-15-32-19-8-10-20(11-9-19)33-24-12-7-18(17-26-24)16-23(28)27-22-6-4-3-5-21(22)25(29)30/h3-12,17H,2,13-16H2,1H3,(H,27,28)(H,29,30). The molecular weight excluding hydrogens is 424 g/mol. The summed E-state index contributed by atoms with van der Waals surface area (Å²) in [6.07, 6.45) is 2.58. The van der Waals surface area contributed by atoms with E-state index in [0.717, 1.165) is 18.8 Å². The summed E-state index contributed by atoms with van der Waals surface area (Å²) in [5.41, 5.74) is 0.958. The Labute approximate surface area is 192 Å². The van der Waals surface area contributed by atoms with Crippen molar-refractivity contribution in [3.05, 3.63) is 78.0 Å². The summed E-state index contributed by atoms with van der Waals surface area (Å²) in [5.74, 6) is 0.274. The maximum Gasteiger partial charge on any atom is 0.337 e. The normalized spacial score (nSPS) is 10.5. The molecule has 3 rings (SSSR count). The average molecular weight is 450 g/mol. The average Bonchev–Trinajstić information content (AvgIpc) is 2.81. The second kappa shape index (κ2) is 12.2. The largest absolute Gasteiger partial charge is 0.491 e. The zero-order valence-electron chi connectivity index (χ0n) is 18.3. The van der Waals surface area contributed by atoms with Gasteiger partial charge in [0.2, 0.25) is 11.8 Å². The molecule has 0 unspecified atom stereocenters. The number of nitrogens with one attached hydrogen (secondary N) is 1. The van der Waals surface area contributed by atoms with E-state index in [1.54, 1.807) is 48.7 Å². The van der Waals surface area contributed by atoms with Gasteiger partial charge >= 0.3 is 5.97 Å². The van der Waals surface area contributed by atoms with Crippen LogP contribution in [-0.2, 0) is 16.0 Å². The first-order chi connectivity index (χ1) is 16.0. The lowest BCUT2D eigenvalue weighted by Crippen LogP contribution is -2.16. The molecule has 2 N–H and O–H groups in total. The van der Waals surface area contributed by atoms with Crippen molar-refractivity contribution in [3.63, 3.8) is 0 Å². The van der Waals surface area contributed by atoms with Crippen molar-refractivity contribution < 1.29 is 28.9 Å². The lowest BCUT2D eigenvalue weighted by Gasteiger charge is -2.09. The van der Waals surface area contributed by atoms with Crippen LogP contribution in [-0.4, -0.2) is 41.8 Å². The van der Waals surface area contributed by atoms with Crippen molar-refractivity contribution in [1.82, 2.24) is 4.98 Å². The van der Waals surface area contributed by atoms with Crippen LogP contribution in [0.4, 0.5) is 5.69 Å². The fourth-order valence-corrected chi connectivity index (χ4v) is 2.92. The van der Waals surface area contributed by atoms with Gasteiger partial charge in [0, 0.05) is 18.9 Å². The minimum absolute atomic E-state index is 0.0361. The fraction of sp³-hybridized carbons (Fsp3) is 0.240. The number of amides is 1. The van der Waals surface area contributed by atoms with Crippen molar-refractivity contribution in [3.8, 4) is 17.4 Å². The van der Waals surface area contributed by atoms with Crippen LogP contribution in [0.5, 0.6) is 17.4 Å². The van der Waals surface area contributed by atoms with E-state index >= 15 is 0 Å². The second-order valence-corrected chi connectivity index (χ2v) is 7.11. The Balaban J connectivity index is 1.49. The lowest BCUT2D eigenvalue weighted by atomic mass is 10.1. The monoisotopic (exact) mass is 450 g/mol. The summed E-state index contributed by atoms with van der Waals surface area (Å²) >= 11 is 0. The van der Waals surface area contributed by atoms with Gasteiger partial charge in [-0.1, -0.05) is 25.1 Å². The van der Waals surface area contributed by atoms with E-state index in [0.29, 0.717) is 30.4 Å². The highest BCUT2D eigenvalue weighted by Crippen LogP contribution is 2.23. The molecule has 172 valence electrons. The van der Waals surface area contributed by atoms with Gasteiger partial charge < -0.3 is 24.6 Å². The Morgan fingerprint density at radius 2 is 1.70 bits per heavy atom. The van der Waals surface area contributed by atoms with Gasteiger partial charge in [-0.05, 0) is 48.4 Å². The Morgan fingerprint density at radius 3 is 2.39 bits per heavy atom. The van der Waals surface area contributed by atoms with Crippen molar-refractivity contribution in [1.29, 1.82) is 0 Å². The third kappa shape index (κ3) is 7.62. The van der Waals surface area contributed by atoms with E-state index in [4.69, 9.17) is 14.2 Å². The summed E-state index contributed by atoms with van der Waals surface area (Å²) in [7, 11) is 0. The predicted octanol–water partition coefficient (Wildman–Crippen LogP) is 4.56. The minimum atomic E-state index is -1.10. The number of hydrogen-bond acceptors (Lipinski definition) is 6. The molecule has 1 aromatic heterocycles. The molecule has 0 aliphatic carbocycles. The quantitative estimate of drug-likeness (QED) is 0.390. The molecule has 0 saturated carbocycles. The van der Waals surface area contributed by atoms with Crippen LogP contribution in [0.1, 0.15) is 29.3 Å². The summed E-state index contributed by atoms with van der Waals surface area (Å²) < 4.78 is 16.7. The second-order valence-electron chi connectivity index (χ2n) is 7.11. The fourth-order valence-electron chi connectivity index (χ4n) is 2.92. The van der Waals surface area contributed by atoms with E-state index in [9.17, 15) is 14.7 Å². The first-order valence-corrected chi connectivity index (χ1v) is 10.6. The van der Waals surface area contributed by atoms with Gasteiger partial charge in [-0.2, -0.15) is 0 Å². The molecule has 3 aromatic rings. The van der Waals surface area contributed by atoms with Crippen molar-refractivity contribution in [2.45, 2.75) is 19.8 Å². The number of nitrogens with zero attached hydrogens (tertiary/aromatic N) is 1. The van der Waals surface area contributed by atoms with Crippen LogP contribution in [0.2, 0.25) is 0 Å². The minimum Gasteiger partial charge on any atom is -0.491 e. The molecule has 2 aromatic carbocycles. The van der Waals surface area contributed by atoms with Crippen molar-refractivity contribution in [2.24, 2.45) is 0 Å². The maximum atomic E-state index is 12.3. The van der Waals surface area contributed by atoms with Gasteiger partial charge in [0.15, 0.2) is 0 Å². The molecule has 0 spiro atoms. The number of aromatic carboxylic acids is 1. The van der Waals surface area contributed by atoms with Crippen LogP contribution in [0, 0.1) is 0 Å². The number of benzene rings is 2. The van der Waals surface area contributed by atoms with Crippen LogP contribution in [0.25, 0.3) is 0 Å². The van der Waals surface area contributed by atoms with E-state index in [1.165, 1.54) is 6.07 Å². The first kappa shape index (κ1) is 23.7. The molecule has 0 fully saturated rings. The Morgan fingerprint density at radius 1 is 0.939 bits per heavy atom. The molecule has 33 heavy (non-hydrogen) atoms. The number of carbonyl (C=O) groups is 2. The molecule has 1 heterocycles. The Hall–Kier alpha value is -3.91. The molecule has 0 aliphatic heterocycles. The number of aromatic nitrogens is 1. The lowest BCUT2D eigenvalue weighted by molar-refractivity contribution is -0.115. The number of carboxylic acid groups (broad SMARTS) is 1. The first-order valence-electron chi connectivity index (χ1n) is 10.6. The van der Waals surface area contributed by atoms with Gasteiger partial charge in [0.05, 0.1) is 24.3 Å². The summed E-state index contributed by atoms with van der Waals surface area (Å²) in [6, 6.07) is 16.8. The smallest absolute Gasteiger partial charge is 0.337 e. The van der Waals surface area contributed by atoms with E-state index in [2.05, 4.69) is 17.2 Å². The van der Waals surface area contributed by atoms with Crippen molar-refractivity contribution >= 4 is 17.6 Å².